The van der Waals surface area contributed by atoms with Crippen molar-refractivity contribution in [2.24, 2.45) is 5.92 Å². The molecule has 0 spiro atoms. The topological polar surface area (TPSA) is 30.5 Å². The van der Waals surface area contributed by atoms with Crippen LogP contribution in [-0.2, 0) is 0 Å². The second kappa shape index (κ2) is 7.68. The molecular formula is C19H28NO2P. The van der Waals surface area contributed by atoms with Gasteiger partial charge >= 0.3 is 0 Å². The highest BCUT2D eigenvalue weighted by atomic mass is 31.0. The highest BCUT2D eigenvalue weighted by molar-refractivity contribution is 7.21. The molecule has 4 heteroatoms. The van der Waals surface area contributed by atoms with Crippen molar-refractivity contribution in [2.75, 3.05) is 7.11 Å². The molecule has 0 bridgehead atoms. The third-order valence-electron chi connectivity index (χ3n) is 5.08. The van der Waals surface area contributed by atoms with Crippen LogP contribution in [0.15, 0.2) is 18.2 Å². The highest BCUT2D eigenvalue weighted by Gasteiger charge is 2.34. The highest BCUT2D eigenvalue weighted by Crippen LogP contribution is 2.36. The number of rotatable bonds is 6. The van der Waals surface area contributed by atoms with E-state index in [1.165, 1.54) is 43.1 Å². The van der Waals surface area contributed by atoms with Gasteiger partial charge in [-0.15, -0.1) is 8.86 Å². The Hall–Kier alpha value is -1.05. The third kappa shape index (κ3) is 4.28. The second-order valence-electron chi connectivity index (χ2n) is 6.96. The van der Waals surface area contributed by atoms with Crippen LogP contribution in [0, 0.1) is 12.8 Å². The number of ether oxygens (including phenoxy) is 2. The first-order valence-electron chi connectivity index (χ1n) is 8.82. The summed E-state index contributed by atoms with van der Waals surface area (Å²) in [5, 5.41) is 3.69. The maximum atomic E-state index is 6.14. The first-order chi connectivity index (χ1) is 11.2. The Labute approximate surface area is 142 Å². The van der Waals surface area contributed by atoms with Crippen molar-refractivity contribution in [1.82, 2.24) is 5.32 Å². The molecule has 2 saturated carbocycles. The summed E-state index contributed by atoms with van der Waals surface area (Å²) in [6.07, 6.45) is 9.15. The maximum Gasteiger partial charge on any atom is 0.161 e. The fourth-order valence-electron chi connectivity index (χ4n) is 3.54. The summed E-state index contributed by atoms with van der Waals surface area (Å²) in [6, 6.07) is 6.75. The van der Waals surface area contributed by atoms with E-state index in [4.69, 9.17) is 9.47 Å². The monoisotopic (exact) mass is 333 g/mol. The smallest absolute Gasteiger partial charge is 0.161 e. The van der Waals surface area contributed by atoms with Gasteiger partial charge in [-0.1, -0.05) is 25.3 Å². The Bertz CT molecular complexity index is 548. The van der Waals surface area contributed by atoms with Gasteiger partial charge in [0.15, 0.2) is 11.5 Å². The van der Waals surface area contributed by atoms with Gasteiger partial charge in [-0.05, 0) is 50.3 Å². The van der Waals surface area contributed by atoms with Crippen LogP contribution < -0.4 is 14.8 Å². The minimum absolute atomic E-state index is 0.287. The molecule has 1 N–H and O–H groups in total. The van der Waals surface area contributed by atoms with E-state index in [-0.39, 0.29) is 6.10 Å². The zero-order valence-corrected chi connectivity index (χ0v) is 15.2. The molecule has 126 valence electrons. The van der Waals surface area contributed by atoms with Crippen LogP contribution in [0.4, 0.5) is 0 Å². The van der Waals surface area contributed by atoms with E-state index in [2.05, 4.69) is 27.2 Å². The molecule has 0 heterocycles. The van der Waals surface area contributed by atoms with Crippen LogP contribution in [0.25, 0.3) is 0 Å². The molecule has 3 rings (SSSR count). The number of hydrogen-bond donors (Lipinski definition) is 1. The van der Waals surface area contributed by atoms with Gasteiger partial charge in [0.05, 0.1) is 7.11 Å². The van der Waals surface area contributed by atoms with E-state index < -0.39 is 0 Å². The van der Waals surface area contributed by atoms with Crippen LogP contribution in [0.2, 0.25) is 0 Å². The summed E-state index contributed by atoms with van der Waals surface area (Å²) >= 11 is 0. The number of benzene rings is 1. The van der Waals surface area contributed by atoms with Crippen LogP contribution in [-0.4, -0.2) is 24.7 Å². The van der Waals surface area contributed by atoms with E-state index in [1.54, 1.807) is 7.11 Å². The standard InChI is InChI=1S/C19H28NO2P/c1-13-8-9-17(21-2)18(10-13)22-16-11-14(12-16)19(23)20-15-6-4-3-5-7-15/h8-10,14-16,20,23H,3-7,11-12H2,1-2H3. The van der Waals surface area contributed by atoms with Crippen molar-refractivity contribution < 1.29 is 9.47 Å². The van der Waals surface area contributed by atoms with Crippen LogP contribution in [0.5, 0.6) is 11.5 Å². The van der Waals surface area contributed by atoms with Gasteiger partial charge in [0.2, 0.25) is 0 Å². The molecule has 23 heavy (non-hydrogen) atoms. The summed E-state index contributed by atoms with van der Waals surface area (Å²) in [5.41, 5.74) is 2.47. The molecule has 2 aliphatic rings. The molecule has 3 nitrogen and oxygen atoms in total. The lowest BCUT2D eigenvalue weighted by atomic mass is 9.81. The molecule has 2 fully saturated rings. The third-order valence-corrected chi connectivity index (χ3v) is 5.63. The minimum Gasteiger partial charge on any atom is -0.493 e. The van der Waals surface area contributed by atoms with Crippen LogP contribution in [0.1, 0.15) is 50.5 Å². The fourth-order valence-corrected chi connectivity index (χ4v) is 3.98. The summed E-state index contributed by atoms with van der Waals surface area (Å²) in [4.78, 5) is 0. The Kier molecular flexibility index (Phi) is 5.61. The predicted octanol–water partition coefficient (Wildman–Crippen LogP) is 4.36. The van der Waals surface area contributed by atoms with Gasteiger partial charge in [0.25, 0.3) is 0 Å². The first kappa shape index (κ1) is 16.8. The van der Waals surface area contributed by atoms with E-state index in [0.717, 1.165) is 24.3 Å². The Morgan fingerprint density at radius 2 is 1.87 bits per heavy atom. The van der Waals surface area contributed by atoms with Crippen molar-refractivity contribution in [3.05, 3.63) is 23.8 Å². The van der Waals surface area contributed by atoms with Crippen molar-refractivity contribution in [2.45, 2.75) is 64.0 Å². The fraction of sp³-hybridized carbons (Fsp3) is 0.632. The van der Waals surface area contributed by atoms with Gasteiger partial charge in [-0.25, -0.2) is 0 Å². The second-order valence-corrected chi connectivity index (χ2v) is 7.49. The zero-order chi connectivity index (χ0) is 16.2. The number of aryl methyl sites for hydroxylation is 1. The first-order valence-corrected chi connectivity index (χ1v) is 9.32. The molecule has 0 amide bonds. The molecule has 1 aromatic carbocycles. The van der Waals surface area contributed by atoms with Crippen molar-refractivity contribution in [3.8, 4) is 11.5 Å². The predicted molar refractivity (Wildman–Crippen MR) is 98.2 cm³/mol. The molecule has 0 radical (unpaired) electrons. The lowest BCUT2D eigenvalue weighted by Crippen LogP contribution is -2.46. The number of hydrogen-bond acceptors (Lipinski definition) is 2. The summed E-state index contributed by atoms with van der Waals surface area (Å²) in [5.74, 6) is 2.27. The molecule has 0 aliphatic heterocycles. The zero-order valence-electron chi connectivity index (χ0n) is 14.2. The summed E-state index contributed by atoms with van der Waals surface area (Å²) < 4.78 is 11.5. The Morgan fingerprint density at radius 1 is 1.13 bits per heavy atom. The maximum absolute atomic E-state index is 6.14. The van der Waals surface area contributed by atoms with Crippen LogP contribution >= 0.6 is 8.86 Å². The number of nitrogens with one attached hydrogen (secondary N) is 1. The average Bonchev–Trinajstić information content (AvgIpc) is 2.51. The molecule has 0 atom stereocenters. The van der Waals surface area contributed by atoms with Gasteiger partial charge in [0, 0.05) is 17.4 Å². The SMILES string of the molecule is COc1ccc(C)cc1OC1CC(C(=P)NC2CCCCC2)C1. The summed E-state index contributed by atoms with van der Waals surface area (Å²) in [7, 11) is 5.52. The Balaban J connectivity index is 1.47. The molecular weight excluding hydrogens is 305 g/mol. The van der Waals surface area contributed by atoms with Crippen molar-refractivity contribution >= 4 is 14.3 Å². The lowest BCUT2D eigenvalue weighted by Gasteiger charge is -2.38. The van der Waals surface area contributed by atoms with E-state index >= 15 is 0 Å². The van der Waals surface area contributed by atoms with Crippen molar-refractivity contribution in [1.29, 1.82) is 0 Å². The number of methoxy groups -OCH3 is 1. The lowest BCUT2D eigenvalue weighted by molar-refractivity contribution is 0.0898. The van der Waals surface area contributed by atoms with Gasteiger partial charge in [0.1, 0.15) is 6.10 Å². The van der Waals surface area contributed by atoms with Crippen LogP contribution in [0.3, 0.4) is 0 Å². The largest absolute Gasteiger partial charge is 0.493 e. The van der Waals surface area contributed by atoms with Gasteiger partial charge in [-0.2, -0.15) is 0 Å². The quantitative estimate of drug-likeness (QED) is 0.785. The molecule has 2 aliphatic carbocycles. The molecule has 0 aromatic heterocycles. The van der Waals surface area contributed by atoms with Crippen molar-refractivity contribution in [3.63, 3.8) is 0 Å². The van der Waals surface area contributed by atoms with E-state index in [0.29, 0.717) is 12.0 Å². The average molecular weight is 333 g/mol. The minimum atomic E-state index is 0.287. The molecule has 0 unspecified atom stereocenters. The van der Waals surface area contributed by atoms with Gasteiger partial charge < -0.3 is 9.47 Å². The molecule has 0 saturated heterocycles. The van der Waals surface area contributed by atoms with E-state index in [1.807, 2.05) is 12.1 Å². The Morgan fingerprint density at radius 3 is 2.57 bits per heavy atom. The van der Waals surface area contributed by atoms with E-state index in [9.17, 15) is 0 Å². The van der Waals surface area contributed by atoms with Gasteiger partial charge in [-0.3, -0.25) is 5.32 Å². The summed E-state index contributed by atoms with van der Waals surface area (Å²) in [6.45, 7) is 2.08. The molecule has 1 aromatic rings. The normalized spacial score (nSPS) is 24.8.